The second kappa shape index (κ2) is 7.28. The number of hydrogen-bond donors (Lipinski definition) is 1. The molecule has 0 aliphatic carbocycles. The van der Waals surface area contributed by atoms with E-state index in [1.807, 2.05) is 6.07 Å². The summed E-state index contributed by atoms with van der Waals surface area (Å²) < 4.78 is 14.0. The minimum absolute atomic E-state index is 0.107. The van der Waals surface area contributed by atoms with Gasteiger partial charge in [0.05, 0.1) is 5.69 Å². The summed E-state index contributed by atoms with van der Waals surface area (Å²) in [6.45, 7) is 2.79. The van der Waals surface area contributed by atoms with Crippen molar-refractivity contribution in [1.82, 2.24) is 10.3 Å². The van der Waals surface area contributed by atoms with Crippen molar-refractivity contribution in [3.63, 3.8) is 0 Å². The topological polar surface area (TPSA) is 24.9 Å². The molecule has 0 fully saturated rings. The first-order valence-electron chi connectivity index (χ1n) is 8.37. The van der Waals surface area contributed by atoms with Crippen LogP contribution in [-0.2, 0) is 6.54 Å². The number of hydrogen-bond acceptors (Lipinski definition) is 4. The average Bonchev–Trinajstić information content (AvgIpc) is 3.10. The van der Waals surface area contributed by atoms with Crippen LogP contribution in [0.4, 0.5) is 4.39 Å². The highest BCUT2D eigenvalue weighted by Gasteiger charge is 2.22. The van der Waals surface area contributed by atoms with Crippen LogP contribution in [0.25, 0.3) is 10.6 Å². The molecule has 0 spiro atoms. The predicted octanol–water partition coefficient (Wildman–Crippen LogP) is 5.58. The molecule has 25 heavy (non-hydrogen) atoms. The Kier molecular flexibility index (Phi) is 4.88. The molecule has 3 aromatic rings. The molecule has 0 saturated heterocycles. The van der Waals surface area contributed by atoms with Crippen LogP contribution in [-0.4, -0.2) is 10.7 Å². The molecule has 0 radical (unpaired) electrons. The molecular weight excluding hydrogens is 351 g/mol. The second-order valence-corrected chi connectivity index (χ2v) is 8.20. The molecule has 0 amide bonds. The van der Waals surface area contributed by atoms with Crippen LogP contribution in [0.1, 0.15) is 29.3 Å². The predicted molar refractivity (Wildman–Crippen MR) is 104 cm³/mol. The summed E-state index contributed by atoms with van der Waals surface area (Å²) in [4.78, 5) is 5.54. The van der Waals surface area contributed by atoms with E-state index in [0.717, 1.165) is 38.9 Å². The van der Waals surface area contributed by atoms with Gasteiger partial charge in [-0.1, -0.05) is 42.0 Å². The summed E-state index contributed by atoms with van der Waals surface area (Å²) in [5.41, 5.74) is 4.52. The van der Waals surface area contributed by atoms with Crippen LogP contribution in [0.15, 0.2) is 52.7 Å². The minimum atomic E-state index is -0.107. The molecule has 1 unspecified atom stereocenters. The van der Waals surface area contributed by atoms with Gasteiger partial charge in [0.1, 0.15) is 10.8 Å². The van der Waals surface area contributed by atoms with E-state index in [4.69, 9.17) is 4.98 Å². The highest BCUT2D eigenvalue weighted by molar-refractivity contribution is 7.99. The molecule has 4 rings (SSSR count). The Morgan fingerprint density at radius 2 is 2.04 bits per heavy atom. The Hall–Kier alpha value is -1.69. The van der Waals surface area contributed by atoms with Crippen LogP contribution in [0.2, 0.25) is 0 Å². The smallest absolute Gasteiger partial charge is 0.137 e. The number of thiazole rings is 1. The van der Waals surface area contributed by atoms with Gasteiger partial charge in [-0.15, -0.1) is 23.1 Å². The summed E-state index contributed by atoms with van der Waals surface area (Å²) in [5.74, 6) is 0.835. The third-order valence-corrected chi connectivity index (χ3v) is 6.51. The van der Waals surface area contributed by atoms with E-state index in [2.05, 4.69) is 41.9 Å². The van der Waals surface area contributed by atoms with Gasteiger partial charge in [0.2, 0.25) is 0 Å². The number of nitrogens with zero attached hydrogens (tertiary/aromatic N) is 1. The Labute approximate surface area is 155 Å². The van der Waals surface area contributed by atoms with Gasteiger partial charge in [-0.25, -0.2) is 9.37 Å². The van der Waals surface area contributed by atoms with Crippen LogP contribution >= 0.6 is 23.1 Å². The lowest BCUT2D eigenvalue weighted by molar-refractivity contribution is 0.494. The van der Waals surface area contributed by atoms with Gasteiger partial charge in [-0.3, -0.25) is 0 Å². The molecule has 1 aromatic heterocycles. The van der Waals surface area contributed by atoms with Crippen molar-refractivity contribution in [2.45, 2.75) is 30.8 Å². The first kappa shape index (κ1) is 16.8. The summed E-state index contributed by atoms with van der Waals surface area (Å²) in [6.07, 6.45) is 1.01. The monoisotopic (exact) mass is 370 g/mol. The summed E-state index contributed by atoms with van der Waals surface area (Å²) >= 11 is 3.28. The average molecular weight is 371 g/mol. The van der Waals surface area contributed by atoms with E-state index in [1.165, 1.54) is 5.56 Å². The zero-order valence-electron chi connectivity index (χ0n) is 14.0. The third kappa shape index (κ3) is 3.64. The number of halogens is 1. The first-order valence-corrected chi connectivity index (χ1v) is 10.2. The van der Waals surface area contributed by atoms with E-state index >= 15 is 0 Å². The van der Waals surface area contributed by atoms with Gasteiger partial charge in [0.25, 0.3) is 0 Å². The number of aryl methyl sites for hydroxylation is 1. The van der Waals surface area contributed by atoms with E-state index in [9.17, 15) is 4.39 Å². The lowest BCUT2D eigenvalue weighted by Crippen LogP contribution is -2.24. The number of thioether (sulfide) groups is 1. The van der Waals surface area contributed by atoms with E-state index in [1.54, 1.807) is 35.2 Å². The van der Waals surface area contributed by atoms with E-state index < -0.39 is 0 Å². The Morgan fingerprint density at radius 3 is 2.88 bits per heavy atom. The summed E-state index contributed by atoms with van der Waals surface area (Å²) in [6, 6.07) is 14.0. The molecule has 2 aromatic carbocycles. The molecule has 0 bridgehead atoms. The molecule has 2 heterocycles. The van der Waals surface area contributed by atoms with E-state index in [0.29, 0.717) is 6.54 Å². The molecule has 5 heteroatoms. The molecule has 1 N–H and O–H groups in total. The fourth-order valence-electron chi connectivity index (χ4n) is 3.04. The Bertz CT molecular complexity index is 874. The molecule has 1 aliphatic heterocycles. The highest BCUT2D eigenvalue weighted by atomic mass is 32.2. The maximum Gasteiger partial charge on any atom is 0.137 e. The van der Waals surface area contributed by atoms with Gasteiger partial charge in [0.15, 0.2) is 0 Å². The normalized spacial score (nSPS) is 16.6. The molecule has 2 nitrogen and oxygen atoms in total. The zero-order chi connectivity index (χ0) is 17.2. The Balaban J connectivity index is 1.46. The maximum atomic E-state index is 14.0. The SMILES string of the molecule is Cc1ccc(-c2nc(CNC3CCSc4c(F)cccc43)cs2)cc1. The van der Waals surface area contributed by atoms with Crippen molar-refractivity contribution in [3.8, 4) is 10.6 Å². The number of fused-ring (bicyclic) bond motifs is 1. The van der Waals surface area contributed by atoms with E-state index in [-0.39, 0.29) is 11.9 Å². The third-order valence-electron chi connectivity index (χ3n) is 4.41. The maximum absolute atomic E-state index is 14.0. The Morgan fingerprint density at radius 1 is 1.20 bits per heavy atom. The number of benzene rings is 2. The van der Waals surface area contributed by atoms with Crippen LogP contribution in [0, 0.1) is 12.7 Å². The molecular formula is C20H19FN2S2. The number of aromatic nitrogens is 1. The van der Waals surface area contributed by atoms with Crippen LogP contribution < -0.4 is 5.32 Å². The lowest BCUT2D eigenvalue weighted by Gasteiger charge is -2.26. The van der Waals surface area contributed by atoms with Crippen molar-refractivity contribution in [3.05, 3.63) is 70.5 Å². The second-order valence-electron chi connectivity index (χ2n) is 6.24. The fraction of sp³-hybridized carbons (Fsp3) is 0.250. The largest absolute Gasteiger partial charge is 0.304 e. The fourth-order valence-corrected chi connectivity index (χ4v) is 5.01. The first-order chi connectivity index (χ1) is 12.2. The van der Waals surface area contributed by atoms with Crippen molar-refractivity contribution < 1.29 is 4.39 Å². The minimum Gasteiger partial charge on any atom is -0.304 e. The van der Waals surface area contributed by atoms with Gasteiger partial charge >= 0.3 is 0 Å². The van der Waals surface area contributed by atoms with Crippen molar-refractivity contribution in [2.24, 2.45) is 0 Å². The lowest BCUT2D eigenvalue weighted by atomic mass is 10.0. The molecule has 1 aliphatic rings. The van der Waals surface area contributed by atoms with Crippen LogP contribution in [0.5, 0.6) is 0 Å². The number of nitrogens with one attached hydrogen (secondary N) is 1. The highest BCUT2D eigenvalue weighted by Crippen LogP contribution is 2.37. The summed E-state index contributed by atoms with van der Waals surface area (Å²) in [7, 11) is 0. The molecule has 128 valence electrons. The van der Waals surface area contributed by atoms with Gasteiger partial charge < -0.3 is 5.32 Å². The standard InChI is InChI=1S/C20H19FN2S2/c1-13-5-7-14(8-6-13)20-23-15(12-25-20)11-22-18-9-10-24-19-16(18)3-2-4-17(19)21/h2-8,12,18,22H,9-11H2,1H3. The molecule has 1 atom stereocenters. The van der Waals surface area contributed by atoms with Gasteiger partial charge in [-0.2, -0.15) is 0 Å². The van der Waals surface area contributed by atoms with Gasteiger partial charge in [0, 0.05) is 28.4 Å². The number of rotatable bonds is 4. The van der Waals surface area contributed by atoms with Crippen molar-refractivity contribution in [2.75, 3.05) is 5.75 Å². The van der Waals surface area contributed by atoms with Crippen molar-refractivity contribution in [1.29, 1.82) is 0 Å². The van der Waals surface area contributed by atoms with Crippen LogP contribution in [0.3, 0.4) is 0 Å². The van der Waals surface area contributed by atoms with Gasteiger partial charge in [-0.05, 0) is 30.7 Å². The zero-order valence-corrected chi connectivity index (χ0v) is 15.6. The quantitative estimate of drug-likeness (QED) is 0.648. The van der Waals surface area contributed by atoms with Crippen molar-refractivity contribution >= 4 is 23.1 Å². The molecule has 0 saturated carbocycles. The summed E-state index contributed by atoms with van der Waals surface area (Å²) in [5, 5.41) is 6.71.